The fourth-order valence-corrected chi connectivity index (χ4v) is 1.09. The fraction of sp³-hybridized carbons (Fsp3) is 0. The van der Waals surface area contributed by atoms with Gasteiger partial charge in [-0.05, 0) is 12.1 Å². The van der Waals surface area contributed by atoms with Gasteiger partial charge < -0.3 is 11.5 Å². The zero-order valence-corrected chi connectivity index (χ0v) is 5.86. The molecule has 2 rings (SSSR count). The van der Waals surface area contributed by atoms with E-state index in [0.717, 1.165) is 5.52 Å². The van der Waals surface area contributed by atoms with Crippen molar-refractivity contribution in [2.75, 3.05) is 11.5 Å². The van der Waals surface area contributed by atoms with Gasteiger partial charge >= 0.3 is 0 Å². The van der Waals surface area contributed by atoms with Crippen LogP contribution in [-0.2, 0) is 0 Å². The molecular weight excluding hydrogens is 140 g/mol. The maximum absolute atomic E-state index is 5.62. The van der Waals surface area contributed by atoms with E-state index in [9.17, 15) is 0 Å². The van der Waals surface area contributed by atoms with Crippen molar-refractivity contribution in [3.8, 4) is 0 Å². The molecule has 2 heterocycles. The summed E-state index contributed by atoms with van der Waals surface area (Å²) >= 11 is 0. The number of aromatic nitrogens is 2. The second-order valence-corrected chi connectivity index (χ2v) is 2.33. The highest BCUT2D eigenvalue weighted by Gasteiger charge is 1.99. The topological polar surface area (TPSA) is 69.3 Å². The fourth-order valence-electron chi connectivity index (χ4n) is 1.09. The van der Waals surface area contributed by atoms with Crippen molar-refractivity contribution in [2.24, 2.45) is 0 Å². The molecule has 11 heavy (non-hydrogen) atoms. The van der Waals surface area contributed by atoms with Crippen molar-refractivity contribution < 1.29 is 0 Å². The van der Waals surface area contributed by atoms with Gasteiger partial charge in [0.15, 0.2) is 0 Å². The van der Waals surface area contributed by atoms with Crippen LogP contribution >= 0.6 is 0 Å². The minimum atomic E-state index is 0.504. The Balaban J connectivity index is 2.94. The molecule has 4 nitrogen and oxygen atoms in total. The third kappa shape index (κ3) is 0.724. The molecule has 0 bridgehead atoms. The molecule has 0 atom stereocenters. The number of rotatable bonds is 0. The molecule has 0 amide bonds. The molecule has 0 spiro atoms. The van der Waals surface area contributed by atoms with Crippen molar-refractivity contribution >= 4 is 17.2 Å². The Hall–Kier alpha value is -1.71. The summed E-state index contributed by atoms with van der Waals surface area (Å²) in [6.07, 6.45) is 3.40. The van der Waals surface area contributed by atoms with Crippen LogP contribution in [0.4, 0.5) is 11.6 Å². The van der Waals surface area contributed by atoms with Gasteiger partial charge in [-0.1, -0.05) is 0 Å². The molecule has 4 N–H and O–H groups in total. The summed E-state index contributed by atoms with van der Waals surface area (Å²) in [6, 6.07) is 3.64. The highest BCUT2D eigenvalue weighted by Crippen LogP contribution is 2.14. The Morgan fingerprint density at radius 2 is 2.09 bits per heavy atom. The van der Waals surface area contributed by atoms with E-state index in [-0.39, 0.29) is 0 Å². The maximum Gasteiger partial charge on any atom is 0.147 e. The molecule has 0 aliphatic carbocycles. The van der Waals surface area contributed by atoms with Crippen LogP contribution in [0, 0.1) is 0 Å². The first-order valence-electron chi connectivity index (χ1n) is 3.26. The molecule has 0 unspecified atom stereocenters. The highest BCUT2D eigenvalue weighted by molar-refractivity contribution is 5.69. The Morgan fingerprint density at radius 1 is 1.27 bits per heavy atom. The van der Waals surface area contributed by atoms with Gasteiger partial charge in [0, 0.05) is 12.4 Å². The average Bonchev–Trinajstić information content (AvgIpc) is 2.35. The summed E-state index contributed by atoms with van der Waals surface area (Å²) in [4.78, 5) is 3.92. The highest BCUT2D eigenvalue weighted by atomic mass is 15.0. The lowest BCUT2D eigenvalue weighted by molar-refractivity contribution is 1.16. The minimum Gasteiger partial charge on any atom is -0.385 e. The zero-order valence-electron chi connectivity index (χ0n) is 5.86. The first kappa shape index (κ1) is 6.03. The molecule has 2 aromatic rings. The number of nitrogens with two attached hydrogens (primary N) is 2. The van der Waals surface area contributed by atoms with Crippen LogP contribution in [0.2, 0.25) is 0 Å². The van der Waals surface area contributed by atoms with Crippen molar-refractivity contribution in [3.05, 3.63) is 24.5 Å². The number of hydrogen-bond donors (Lipinski definition) is 2. The van der Waals surface area contributed by atoms with E-state index in [1.807, 2.05) is 6.07 Å². The van der Waals surface area contributed by atoms with Crippen LogP contribution in [0.5, 0.6) is 0 Å². The molecule has 0 aliphatic rings. The van der Waals surface area contributed by atoms with Gasteiger partial charge in [-0.2, -0.15) is 0 Å². The van der Waals surface area contributed by atoms with E-state index in [4.69, 9.17) is 11.5 Å². The maximum atomic E-state index is 5.62. The van der Waals surface area contributed by atoms with Gasteiger partial charge in [-0.3, -0.25) is 4.40 Å². The van der Waals surface area contributed by atoms with Crippen LogP contribution in [-0.4, -0.2) is 9.38 Å². The Bertz CT molecular complexity index is 390. The smallest absolute Gasteiger partial charge is 0.147 e. The second kappa shape index (κ2) is 1.88. The summed E-state index contributed by atoms with van der Waals surface area (Å²) in [7, 11) is 0. The van der Waals surface area contributed by atoms with E-state index >= 15 is 0 Å². The molecule has 0 aliphatic heterocycles. The number of anilines is 2. The van der Waals surface area contributed by atoms with Crippen LogP contribution in [0.25, 0.3) is 5.52 Å². The third-order valence-corrected chi connectivity index (χ3v) is 1.64. The molecule has 4 heteroatoms. The summed E-state index contributed by atoms with van der Waals surface area (Å²) < 4.78 is 1.79. The molecule has 0 saturated carbocycles. The molecular formula is C7H8N4. The lowest BCUT2D eigenvalue weighted by atomic mass is 10.5. The largest absolute Gasteiger partial charge is 0.385 e. The molecule has 0 radical (unpaired) electrons. The molecule has 0 aromatic carbocycles. The normalized spacial score (nSPS) is 10.5. The monoisotopic (exact) mass is 148 g/mol. The third-order valence-electron chi connectivity index (χ3n) is 1.64. The van der Waals surface area contributed by atoms with Crippen molar-refractivity contribution in [3.63, 3.8) is 0 Å². The Labute approximate surface area is 63.4 Å². The van der Waals surface area contributed by atoms with E-state index in [2.05, 4.69) is 4.98 Å². The van der Waals surface area contributed by atoms with E-state index in [1.54, 1.807) is 22.9 Å². The van der Waals surface area contributed by atoms with Gasteiger partial charge in [0.05, 0.1) is 5.52 Å². The summed E-state index contributed by atoms with van der Waals surface area (Å²) in [5.74, 6) is 1.18. The Morgan fingerprint density at radius 3 is 2.82 bits per heavy atom. The molecule has 56 valence electrons. The summed E-state index contributed by atoms with van der Waals surface area (Å²) in [5, 5.41) is 0. The molecule has 0 saturated heterocycles. The summed E-state index contributed by atoms with van der Waals surface area (Å²) in [6.45, 7) is 0. The number of nitrogen functional groups attached to an aromatic ring is 2. The number of nitrogens with zero attached hydrogens (tertiary/aromatic N) is 2. The first-order chi connectivity index (χ1) is 5.29. The van der Waals surface area contributed by atoms with E-state index in [0.29, 0.717) is 11.6 Å². The van der Waals surface area contributed by atoms with Crippen molar-refractivity contribution in [2.45, 2.75) is 0 Å². The average molecular weight is 148 g/mol. The van der Waals surface area contributed by atoms with Gasteiger partial charge in [0.25, 0.3) is 0 Å². The van der Waals surface area contributed by atoms with Gasteiger partial charge in [0.2, 0.25) is 0 Å². The predicted octanol–water partition coefficient (Wildman–Crippen LogP) is 0.499. The summed E-state index contributed by atoms with van der Waals surface area (Å²) in [5.41, 5.74) is 12.1. The van der Waals surface area contributed by atoms with Crippen LogP contribution in [0.3, 0.4) is 0 Å². The molecule has 2 aromatic heterocycles. The van der Waals surface area contributed by atoms with Gasteiger partial charge in [-0.15, -0.1) is 0 Å². The van der Waals surface area contributed by atoms with Crippen LogP contribution in [0.1, 0.15) is 0 Å². The number of hydrogen-bond acceptors (Lipinski definition) is 3. The quantitative estimate of drug-likeness (QED) is 0.571. The van der Waals surface area contributed by atoms with E-state index < -0.39 is 0 Å². The number of fused-ring (bicyclic) bond motifs is 1. The predicted molar refractivity (Wildman–Crippen MR) is 44.0 cm³/mol. The first-order valence-corrected chi connectivity index (χ1v) is 3.26. The Kier molecular flexibility index (Phi) is 1.03. The lowest BCUT2D eigenvalue weighted by Gasteiger charge is -1.97. The second-order valence-electron chi connectivity index (χ2n) is 2.33. The standard InChI is InChI=1S/C7H8N4/c8-6-2-1-5-7(9)10-3-4-11(5)6/h1-4H,8H2,(H2,9,10). The minimum absolute atomic E-state index is 0.504. The van der Waals surface area contributed by atoms with Gasteiger partial charge in [-0.25, -0.2) is 4.98 Å². The van der Waals surface area contributed by atoms with Crippen molar-refractivity contribution in [1.29, 1.82) is 0 Å². The van der Waals surface area contributed by atoms with Gasteiger partial charge in [0.1, 0.15) is 11.6 Å². The SMILES string of the molecule is Nc1nccn2c(N)ccc12. The zero-order chi connectivity index (χ0) is 7.84. The molecule has 0 fully saturated rings. The van der Waals surface area contributed by atoms with E-state index in [1.165, 1.54) is 0 Å². The van der Waals surface area contributed by atoms with Crippen LogP contribution in [0.15, 0.2) is 24.5 Å². The lowest BCUT2D eigenvalue weighted by Crippen LogP contribution is -1.96. The van der Waals surface area contributed by atoms with Crippen LogP contribution < -0.4 is 11.5 Å². The van der Waals surface area contributed by atoms with Crippen molar-refractivity contribution in [1.82, 2.24) is 9.38 Å².